The van der Waals surface area contributed by atoms with Crippen LogP contribution in [0.3, 0.4) is 0 Å². The summed E-state index contributed by atoms with van der Waals surface area (Å²) in [5.74, 6) is -0.389. The highest BCUT2D eigenvalue weighted by atomic mass is 79.9. The lowest BCUT2D eigenvalue weighted by Crippen LogP contribution is -2.11. The van der Waals surface area contributed by atoms with Crippen LogP contribution in [0.4, 0.5) is 10.1 Å². The van der Waals surface area contributed by atoms with Crippen LogP contribution in [0.5, 0.6) is 0 Å². The summed E-state index contributed by atoms with van der Waals surface area (Å²) in [5.41, 5.74) is 1.85. The number of carbonyl (C=O) groups excluding carboxylic acids is 1. The molecule has 1 N–H and O–H groups in total. The second kappa shape index (κ2) is 6.34. The fourth-order valence-corrected chi connectivity index (χ4v) is 2.26. The van der Waals surface area contributed by atoms with Gasteiger partial charge in [-0.2, -0.15) is 0 Å². The Morgan fingerprint density at radius 2 is 1.91 bits per heavy atom. The number of rotatable bonds is 3. The van der Waals surface area contributed by atoms with Crippen LogP contribution in [0.25, 0.3) is 11.3 Å². The molecular formula is C17H12BrFN2O2. The molecule has 3 aromatic rings. The first-order valence-electron chi connectivity index (χ1n) is 6.83. The molecule has 0 saturated carbocycles. The molecule has 0 aliphatic heterocycles. The van der Waals surface area contributed by atoms with Crippen molar-refractivity contribution in [3.63, 3.8) is 0 Å². The topological polar surface area (TPSA) is 55.1 Å². The predicted molar refractivity (Wildman–Crippen MR) is 88.7 cm³/mol. The minimum atomic E-state index is -0.394. The van der Waals surface area contributed by atoms with Crippen LogP contribution in [-0.2, 0) is 0 Å². The number of hydrogen-bond acceptors (Lipinski definition) is 3. The first kappa shape index (κ1) is 15.4. The Labute approximate surface area is 140 Å². The zero-order valence-electron chi connectivity index (χ0n) is 12.1. The normalized spacial score (nSPS) is 10.6. The molecule has 0 atom stereocenters. The molecule has 6 heteroatoms. The second-order valence-corrected chi connectivity index (χ2v) is 5.92. The Morgan fingerprint density at radius 3 is 2.61 bits per heavy atom. The van der Waals surface area contributed by atoms with Crippen LogP contribution < -0.4 is 5.32 Å². The summed E-state index contributed by atoms with van der Waals surface area (Å²) in [7, 11) is 0. The van der Waals surface area contributed by atoms with E-state index in [1.54, 1.807) is 31.2 Å². The van der Waals surface area contributed by atoms with Crippen LogP contribution in [-0.4, -0.2) is 11.1 Å². The summed E-state index contributed by atoms with van der Waals surface area (Å²) in [5, 5.41) is 6.45. The molecule has 0 radical (unpaired) electrons. The van der Waals surface area contributed by atoms with E-state index in [0.29, 0.717) is 22.6 Å². The van der Waals surface area contributed by atoms with Gasteiger partial charge in [-0.25, -0.2) is 4.39 Å². The van der Waals surface area contributed by atoms with Gasteiger partial charge in [0.2, 0.25) is 0 Å². The number of aromatic nitrogens is 1. The van der Waals surface area contributed by atoms with E-state index in [2.05, 4.69) is 26.4 Å². The van der Waals surface area contributed by atoms with Crippen molar-refractivity contribution in [3.05, 3.63) is 70.1 Å². The maximum Gasteiger partial charge on any atom is 0.277 e. The Hall–Kier alpha value is -2.47. The van der Waals surface area contributed by atoms with Gasteiger partial charge in [0.1, 0.15) is 5.82 Å². The van der Waals surface area contributed by atoms with Crippen LogP contribution in [0.1, 0.15) is 16.1 Å². The number of aryl methyl sites for hydroxylation is 1. The second-order valence-electron chi connectivity index (χ2n) is 5.00. The van der Waals surface area contributed by atoms with Gasteiger partial charge in [-0.1, -0.05) is 33.2 Å². The lowest BCUT2D eigenvalue weighted by atomic mass is 10.1. The highest BCUT2D eigenvalue weighted by Gasteiger charge is 2.14. The first-order chi connectivity index (χ1) is 11.0. The van der Waals surface area contributed by atoms with Gasteiger partial charge >= 0.3 is 0 Å². The summed E-state index contributed by atoms with van der Waals surface area (Å²) in [6, 6.07) is 13.4. The maximum atomic E-state index is 13.6. The predicted octanol–water partition coefficient (Wildman–Crippen LogP) is 4.80. The number of amides is 1. The number of hydrogen-bond donors (Lipinski definition) is 1. The molecule has 4 nitrogen and oxygen atoms in total. The van der Waals surface area contributed by atoms with Gasteiger partial charge in [-0.3, -0.25) is 4.79 Å². The standard InChI is InChI=1S/C17H12BrFN2O2/c1-10-2-3-11(8-14(10)19)16-9-15(21-23-16)17(22)20-13-6-4-12(18)5-7-13/h2-9H,1H3,(H,20,22). The number of halogens is 2. The monoisotopic (exact) mass is 374 g/mol. The summed E-state index contributed by atoms with van der Waals surface area (Å²) in [6.07, 6.45) is 0. The molecule has 0 fully saturated rings. The van der Waals surface area contributed by atoms with Crippen LogP contribution in [0.2, 0.25) is 0 Å². The van der Waals surface area contributed by atoms with Gasteiger partial charge in [-0.05, 0) is 42.8 Å². The van der Waals surface area contributed by atoms with E-state index >= 15 is 0 Å². The first-order valence-corrected chi connectivity index (χ1v) is 7.62. The summed E-state index contributed by atoms with van der Waals surface area (Å²) in [6.45, 7) is 1.68. The van der Waals surface area contributed by atoms with Gasteiger partial charge in [0.05, 0.1) is 0 Å². The van der Waals surface area contributed by atoms with Gasteiger partial charge in [0, 0.05) is 21.8 Å². The molecule has 0 spiro atoms. The number of benzene rings is 2. The maximum absolute atomic E-state index is 13.6. The van der Waals surface area contributed by atoms with Crippen molar-refractivity contribution in [2.45, 2.75) is 6.92 Å². The average molecular weight is 375 g/mol. The van der Waals surface area contributed by atoms with Crippen LogP contribution in [0, 0.1) is 12.7 Å². The van der Waals surface area contributed by atoms with Crippen molar-refractivity contribution in [1.29, 1.82) is 0 Å². The number of anilines is 1. The van der Waals surface area contributed by atoms with E-state index in [9.17, 15) is 9.18 Å². The lowest BCUT2D eigenvalue weighted by molar-refractivity contribution is 0.101. The molecule has 1 heterocycles. The Balaban J connectivity index is 1.79. The third-order valence-corrected chi connectivity index (χ3v) is 3.83. The van der Waals surface area contributed by atoms with Crippen molar-refractivity contribution >= 4 is 27.5 Å². The SMILES string of the molecule is Cc1ccc(-c2cc(C(=O)Nc3ccc(Br)cc3)no2)cc1F. The highest BCUT2D eigenvalue weighted by Crippen LogP contribution is 2.23. The Morgan fingerprint density at radius 1 is 1.17 bits per heavy atom. The van der Waals surface area contributed by atoms with E-state index < -0.39 is 5.91 Å². The Kier molecular flexibility index (Phi) is 4.25. The average Bonchev–Trinajstić information content (AvgIpc) is 3.02. The fourth-order valence-electron chi connectivity index (χ4n) is 1.99. The molecule has 3 rings (SSSR count). The minimum absolute atomic E-state index is 0.129. The number of carbonyl (C=O) groups is 1. The molecule has 0 aliphatic rings. The fraction of sp³-hybridized carbons (Fsp3) is 0.0588. The third kappa shape index (κ3) is 3.48. The highest BCUT2D eigenvalue weighted by molar-refractivity contribution is 9.10. The van der Waals surface area contributed by atoms with Crippen LogP contribution >= 0.6 is 15.9 Å². The number of nitrogens with zero attached hydrogens (tertiary/aromatic N) is 1. The molecule has 0 bridgehead atoms. The van der Waals surface area contributed by atoms with Crippen molar-refractivity contribution in [2.24, 2.45) is 0 Å². The number of nitrogens with one attached hydrogen (secondary N) is 1. The molecule has 1 aromatic heterocycles. The van der Waals surface area contributed by atoms with Crippen molar-refractivity contribution < 1.29 is 13.7 Å². The summed E-state index contributed by atoms with van der Waals surface area (Å²) < 4.78 is 19.7. The van der Waals surface area contributed by atoms with E-state index in [1.165, 1.54) is 12.1 Å². The lowest BCUT2D eigenvalue weighted by Gasteiger charge is -2.02. The molecule has 116 valence electrons. The summed E-state index contributed by atoms with van der Waals surface area (Å²) in [4.78, 5) is 12.1. The van der Waals surface area contributed by atoms with Gasteiger partial charge in [0.15, 0.2) is 11.5 Å². The minimum Gasteiger partial charge on any atom is -0.355 e. The van der Waals surface area contributed by atoms with E-state index in [1.807, 2.05) is 12.1 Å². The van der Waals surface area contributed by atoms with Crippen molar-refractivity contribution in [2.75, 3.05) is 5.32 Å². The smallest absolute Gasteiger partial charge is 0.277 e. The van der Waals surface area contributed by atoms with Gasteiger partial charge in [-0.15, -0.1) is 0 Å². The van der Waals surface area contributed by atoms with Crippen molar-refractivity contribution in [3.8, 4) is 11.3 Å². The molecule has 0 unspecified atom stereocenters. The molecule has 1 amide bonds. The Bertz CT molecular complexity index is 859. The van der Waals surface area contributed by atoms with E-state index in [-0.39, 0.29) is 11.5 Å². The summed E-state index contributed by atoms with van der Waals surface area (Å²) >= 11 is 3.33. The zero-order valence-corrected chi connectivity index (χ0v) is 13.7. The molecular weight excluding hydrogens is 363 g/mol. The van der Waals surface area contributed by atoms with Gasteiger partial charge in [0.25, 0.3) is 5.91 Å². The van der Waals surface area contributed by atoms with E-state index in [4.69, 9.17) is 4.52 Å². The van der Waals surface area contributed by atoms with Gasteiger partial charge < -0.3 is 9.84 Å². The van der Waals surface area contributed by atoms with E-state index in [0.717, 1.165) is 4.47 Å². The quantitative estimate of drug-likeness (QED) is 0.715. The van der Waals surface area contributed by atoms with Crippen molar-refractivity contribution in [1.82, 2.24) is 5.16 Å². The largest absolute Gasteiger partial charge is 0.355 e. The molecule has 0 aliphatic carbocycles. The molecule has 23 heavy (non-hydrogen) atoms. The molecule has 0 saturated heterocycles. The van der Waals surface area contributed by atoms with Crippen LogP contribution in [0.15, 0.2) is 57.5 Å². The zero-order chi connectivity index (χ0) is 16.4. The molecule has 2 aromatic carbocycles. The third-order valence-electron chi connectivity index (χ3n) is 3.30.